The Balaban J connectivity index is 1.76. The number of aliphatic hydroxyl groups is 1. The molecule has 0 spiro atoms. The van der Waals surface area contributed by atoms with Crippen LogP contribution in [0.25, 0.3) is 0 Å². The lowest BCUT2D eigenvalue weighted by atomic mass is 10.2. The van der Waals surface area contributed by atoms with Gasteiger partial charge in [-0.25, -0.2) is 0 Å². The van der Waals surface area contributed by atoms with Crippen LogP contribution in [0.2, 0.25) is 0 Å². The zero-order valence-corrected chi connectivity index (χ0v) is 11.4. The van der Waals surface area contributed by atoms with Crippen molar-refractivity contribution in [3.8, 4) is 0 Å². The van der Waals surface area contributed by atoms with Gasteiger partial charge >= 0.3 is 0 Å². The predicted molar refractivity (Wildman–Crippen MR) is 71.2 cm³/mol. The number of piperazine rings is 1. The topological polar surface area (TPSA) is 39.9 Å². The maximum atomic E-state index is 8.96. The molecule has 1 aliphatic heterocycles. The molecule has 2 rings (SSSR count). The van der Waals surface area contributed by atoms with Crippen molar-refractivity contribution in [1.82, 2.24) is 9.80 Å². The fourth-order valence-corrected chi connectivity index (χ4v) is 2.46. The van der Waals surface area contributed by atoms with E-state index in [1.54, 1.807) is 0 Å². The molecule has 1 aromatic rings. The Morgan fingerprint density at radius 3 is 2.28 bits per heavy atom. The van der Waals surface area contributed by atoms with E-state index >= 15 is 0 Å². The summed E-state index contributed by atoms with van der Waals surface area (Å²) in [5.41, 5.74) is 0. The first-order chi connectivity index (χ1) is 8.67. The highest BCUT2D eigenvalue weighted by atomic mass is 16.4. The average molecular weight is 252 g/mol. The minimum atomic E-state index is -0.0117. The van der Waals surface area contributed by atoms with Crippen LogP contribution in [0.3, 0.4) is 0 Å². The lowest BCUT2D eigenvalue weighted by molar-refractivity contribution is 0.111. The predicted octanol–water partition coefficient (Wildman–Crippen LogP) is 1.55. The van der Waals surface area contributed by atoms with Crippen molar-refractivity contribution in [2.24, 2.45) is 5.92 Å². The fraction of sp³-hybridized carbons (Fsp3) is 0.714. The van der Waals surface area contributed by atoms with Gasteiger partial charge in [-0.2, -0.15) is 0 Å². The monoisotopic (exact) mass is 252 g/mol. The molecule has 0 bridgehead atoms. The molecule has 0 aromatic carbocycles. The third-order valence-electron chi connectivity index (χ3n) is 3.34. The van der Waals surface area contributed by atoms with Crippen molar-refractivity contribution in [2.75, 3.05) is 32.7 Å². The third kappa shape index (κ3) is 3.83. The van der Waals surface area contributed by atoms with Crippen molar-refractivity contribution in [3.63, 3.8) is 0 Å². The Bertz CT molecular complexity index is 354. The molecule has 4 heteroatoms. The van der Waals surface area contributed by atoms with Crippen molar-refractivity contribution in [1.29, 1.82) is 0 Å². The molecule has 0 radical (unpaired) electrons. The van der Waals surface area contributed by atoms with E-state index in [2.05, 4.69) is 23.6 Å². The van der Waals surface area contributed by atoms with Crippen LogP contribution in [0, 0.1) is 5.92 Å². The minimum Gasteiger partial charge on any atom is -0.462 e. The smallest absolute Gasteiger partial charge is 0.129 e. The molecule has 0 saturated carbocycles. The van der Waals surface area contributed by atoms with E-state index in [0.717, 1.165) is 44.4 Å². The summed E-state index contributed by atoms with van der Waals surface area (Å²) in [6.45, 7) is 11.1. The van der Waals surface area contributed by atoms with Crippen LogP contribution in [-0.2, 0) is 13.2 Å². The van der Waals surface area contributed by atoms with Gasteiger partial charge in [0.25, 0.3) is 0 Å². The molecule has 102 valence electrons. The van der Waals surface area contributed by atoms with Gasteiger partial charge in [0.05, 0.1) is 6.54 Å². The summed E-state index contributed by atoms with van der Waals surface area (Å²) in [4.78, 5) is 4.94. The lowest BCUT2D eigenvalue weighted by Gasteiger charge is -2.35. The van der Waals surface area contributed by atoms with Crippen molar-refractivity contribution >= 4 is 0 Å². The second-order valence-corrected chi connectivity index (χ2v) is 5.50. The van der Waals surface area contributed by atoms with E-state index in [1.807, 2.05) is 12.1 Å². The first kappa shape index (κ1) is 13.6. The van der Waals surface area contributed by atoms with Crippen LogP contribution < -0.4 is 0 Å². The number of aliphatic hydroxyl groups excluding tert-OH is 1. The van der Waals surface area contributed by atoms with E-state index in [4.69, 9.17) is 9.52 Å². The number of hydrogen-bond acceptors (Lipinski definition) is 4. The minimum absolute atomic E-state index is 0.0117. The van der Waals surface area contributed by atoms with Gasteiger partial charge in [0.15, 0.2) is 0 Å². The molecule has 0 amide bonds. The largest absolute Gasteiger partial charge is 0.462 e. The Kier molecular flexibility index (Phi) is 4.80. The highest BCUT2D eigenvalue weighted by molar-refractivity contribution is 5.06. The van der Waals surface area contributed by atoms with Gasteiger partial charge in [0.2, 0.25) is 0 Å². The molecule has 1 N–H and O–H groups in total. The molecule has 4 nitrogen and oxygen atoms in total. The van der Waals surface area contributed by atoms with Gasteiger partial charge in [-0.1, -0.05) is 13.8 Å². The van der Waals surface area contributed by atoms with Crippen LogP contribution >= 0.6 is 0 Å². The standard InChI is InChI=1S/C14H24N2O2/c1-12(2)9-15-5-7-16(8-6-15)10-13-3-4-14(11-17)18-13/h3-4,12,17H,5-11H2,1-2H3. The van der Waals surface area contributed by atoms with E-state index in [0.29, 0.717) is 5.76 Å². The number of nitrogens with zero attached hydrogens (tertiary/aromatic N) is 2. The maximum Gasteiger partial charge on any atom is 0.129 e. The summed E-state index contributed by atoms with van der Waals surface area (Å²) >= 11 is 0. The van der Waals surface area contributed by atoms with Crippen LogP contribution in [-0.4, -0.2) is 47.6 Å². The van der Waals surface area contributed by atoms with Crippen LogP contribution in [0.4, 0.5) is 0 Å². The summed E-state index contributed by atoms with van der Waals surface area (Å²) in [5.74, 6) is 2.36. The Hall–Kier alpha value is -0.840. The molecule has 1 fully saturated rings. The molecular weight excluding hydrogens is 228 g/mol. The molecule has 0 aliphatic carbocycles. The molecule has 0 atom stereocenters. The highest BCUT2D eigenvalue weighted by Gasteiger charge is 2.18. The van der Waals surface area contributed by atoms with Gasteiger partial charge in [0, 0.05) is 32.7 Å². The van der Waals surface area contributed by atoms with E-state index in [1.165, 1.54) is 6.54 Å². The van der Waals surface area contributed by atoms with Gasteiger partial charge in [-0.3, -0.25) is 4.90 Å². The second-order valence-electron chi connectivity index (χ2n) is 5.50. The first-order valence-electron chi connectivity index (χ1n) is 6.80. The van der Waals surface area contributed by atoms with Crippen molar-refractivity contribution in [2.45, 2.75) is 27.0 Å². The van der Waals surface area contributed by atoms with Crippen molar-refractivity contribution < 1.29 is 9.52 Å². The Morgan fingerprint density at radius 1 is 1.11 bits per heavy atom. The summed E-state index contributed by atoms with van der Waals surface area (Å²) in [6.07, 6.45) is 0. The van der Waals surface area contributed by atoms with Gasteiger partial charge in [-0.05, 0) is 18.1 Å². The quantitative estimate of drug-likeness (QED) is 0.863. The van der Waals surface area contributed by atoms with Gasteiger partial charge < -0.3 is 14.4 Å². The summed E-state index contributed by atoms with van der Waals surface area (Å²) < 4.78 is 5.52. The average Bonchev–Trinajstić information content (AvgIpc) is 2.79. The molecular formula is C14H24N2O2. The normalized spacial score (nSPS) is 18.7. The Labute approximate surface area is 109 Å². The highest BCUT2D eigenvalue weighted by Crippen LogP contribution is 2.13. The second kappa shape index (κ2) is 6.36. The van der Waals surface area contributed by atoms with Crippen LogP contribution in [0.5, 0.6) is 0 Å². The molecule has 1 aliphatic rings. The molecule has 2 heterocycles. The number of hydrogen-bond donors (Lipinski definition) is 1. The molecule has 1 aromatic heterocycles. The van der Waals surface area contributed by atoms with Crippen LogP contribution in [0.15, 0.2) is 16.5 Å². The van der Waals surface area contributed by atoms with Gasteiger partial charge in [0.1, 0.15) is 18.1 Å². The van der Waals surface area contributed by atoms with E-state index in [-0.39, 0.29) is 6.61 Å². The SMILES string of the molecule is CC(C)CN1CCN(Cc2ccc(CO)o2)CC1. The number of furan rings is 1. The molecule has 0 unspecified atom stereocenters. The van der Waals surface area contributed by atoms with Crippen LogP contribution in [0.1, 0.15) is 25.4 Å². The van der Waals surface area contributed by atoms with E-state index < -0.39 is 0 Å². The first-order valence-corrected chi connectivity index (χ1v) is 6.80. The third-order valence-corrected chi connectivity index (χ3v) is 3.34. The zero-order chi connectivity index (χ0) is 13.0. The maximum absolute atomic E-state index is 8.96. The lowest BCUT2D eigenvalue weighted by Crippen LogP contribution is -2.46. The summed E-state index contributed by atoms with van der Waals surface area (Å²) in [6, 6.07) is 3.82. The molecule has 1 saturated heterocycles. The zero-order valence-electron chi connectivity index (χ0n) is 11.4. The van der Waals surface area contributed by atoms with E-state index in [9.17, 15) is 0 Å². The van der Waals surface area contributed by atoms with Crippen molar-refractivity contribution in [3.05, 3.63) is 23.7 Å². The summed E-state index contributed by atoms with van der Waals surface area (Å²) in [5, 5.41) is 8.96. The fourth-order valence-electron chi connectivity index (χ4n) is 2.46. The number of rotatable bonds is 5. The van der Waals surface area contributed by atoms with Gasteiger partial charge in [-0.15, -0.1) is 0 Å². The Morgan fingerprint density at radius 2 is 1.72 bits per heavy atom. The summed E-state index contributed by atoms with van der Waals surface area (Å²) in [7, 11) is 0. The molecule has 18 heavy (non-hydrogen) atoms.